The van der Waals surface area contributed by atoms with Gasteiger partial charge in [-0.1, -0.05) is 19.4 Å². The van der Waals surface area contributed by atoms with Crippen LogP contribution in [0, 0.1) is 0 Å². The first-order chi connectivity index (χ1) is 5.74. The van der Waals surface area contributed by atoms with Crippen molar-refractivity contribution in [2.24, 2.45) is 5.73 Å². The zero-order valence-corrected chi connectivity index (χ0v) is 7.25. The lowest BCUT2D eigenvalue weighted by molar-refractivity contribution is -0.117. The van der Waals surface area contributed by atoms with Gasteiger partial charge in [-0.25, -0.2) is 0 Å². The Morgan fingerprint density at radius 1 is 1.50 bits per heavy atom. The van der Waals surface area contributed by atoms with Crippen LogP contribution in [0.5, 0.6) is 0 Å². The molecule has 0 saturated heterocycles. The van der Waals surface area contributed by atoms with Crippen LogP contribution in [0.1, 0.15) is 25.7 Å². The van der Waals surface area contributed by atoms with Crippen molar-refractivity contribution in [2.75, 3.05) is 0 Å². The quantitative estimate of drug-likeness (QED) is 0.592. The van der Waals surface area contributed by atoms with Gasteiger partial charge in [-0.15, -0.1) is 0 Å². The molecular formula is C9H16N2O. The molecule has 1 rings (SSSR count). The molecule has 1 aliphatic rings. The SMILES string of the molecule is C=CC(=O)N[C@@H]1CCCC[C@@H]1N. The highest BCUT2D eigenvalue weighted by Gasteiger charge is 2.22. The fourth-order valence-corrected chi connectivity index (χ4v) is 1.58. The summed E-state index contributed by atoms with van der Waals surface area (Å²) in [7, 11) is 0. The molecule has 0 aliphatic heterocycles. The average molecular weight is 168 g/mol. The molecule has 1 fully saturated rings. The maximum atomic E-state index is 10.9. The normalized spacial score (nSPS) is 29.4. The molecule has 2 atom stereocenters. The second-order valence-corrected chi connectivity index (χ2v) is 3.27. The van der Waals surface area contributed by atoms with Gasteiger partial charge in [0.1, 0.15) is 0 Å². The van der Waals surface area contributed by atoms with Crippen LogP contribution in [-0.2, 0) is 4.79 Å². The lowest BCUT2D eigenvalue weighted by Crippen LogP contribution is -2.48. The summed E-state index contributed by atoms with van der Waals surface area (Å²) in [5.74, 6) is -0.114. The van der Waals surface area contributed by atoms with Crippen molar-refractivity contribution in [3.05, 3.63) is 12.7 Å². The Kier molecular flexibility index (Phi) is 3.29. The standard InChI is InChI=1S/C9H16N2O/c1-2-9(12)11-8-6-4-3-5-7(8)10/h2,7-8H,1,3-6,10H2,(H,11,12)/t7-,8+/m0/s1. The van der Waals surface area contributed by atoms with Crippen LogP contribution in [0.15, 0.2) is 12.7 Å². The third-order valence-electron chi connectivity index (χ3n) is 2.33. The maximum Gasteiger partial charge on any atom is 0.243 e. The first kappa shape index (κ1) is 9.26. The Labute approximate surface area is 73.0 Å². The van der Waals surface area contributed by atoms with Crippen molar-refractivity contribution in [3.8, 4) is 0 Å². The first-order valence-electron chi connectivity index (χ1n) is 4.42. The minimum Gasteiger partial charge on any atom is -0.348 e. The minimum atomic E-state index is -0.114. The van der Waals surface area contributed by atoms with E-state index in [1.807, 2.05) is 0 Å². The molecule has 0 radical (unpaired) electrons. The number of hydrogen-bond acceptors (Lipinski definition) is 2. The third kappa shape index (κ3) is 2.34. The second kappa shape index (κ2) is 4.26. The molecule has 3 heteroatoms. The predicted octanol–water partition coefficient (Wildman–Crippen LogP) is 0.558. The third-order valence-corrected chi connectivity index (χ3v) is 2.33. The predicted molar refractivity (Wildman–Crippen MR) is 48.6 cm³/mol. The zero-order chi connectivity index (χ0) is 8.97. The van der Waals surface area contributed by atoms with Crippen LogP contribution in [0.2, 0.25) is 0 Å². The van der Waals surface area contributed by atoms with E-state index in [2.05, 4.69) is 11.9 Å². The topological polar surface area (TPSA) is 55.1 Å². The van der Waals surface area contributed by atoms with E-state index in [0.29, 0.717) is 0 Å². The van der Waals surface area contributed by atoms with Gasteiger partial charge in [0, 0.05) is 12.1 Å². The van der Waals surface area contributed by atoms with Crippen LogP contribution in [0.25, 0.3) is 0 Å². The van der Waals surface area contributed by atoms with Gasteiger partial charge in [-0.05, 0) is 18.9 Å². The van der Waals surface area contributed by atoms with Crippen LogP contribution >= 0.6 is 0 Å². The lowest BCUT2D eigenvalue weighted by atomic mass is 9.91. The van der Waals surface area contributed by atoms with Gasteiger partial charge in [-0.3, -0.25) is 4.79 Å². The fourth-order valence-electron chi connectivity index (χ4n) is 1.58. The smallest absolute Gasteiger partial charge is 0.243 e. The van der Waals surface area contributed by atoms with Gasteiger partial charge < -0.3 is 11.1 Å². The van der Waals surface area contributed by atoms with Gasteiger partial charge >= 0.3 is 0 Å². The number of nitrogens with one attached hydrogen (secondary N) is 1. The molecule has 0 spiro atoms. The average Bonchev–Trinajstić information content (AvgIpc) is 2.09. The van der Waals surface area contributed by atoms with Crippen LogP contribution in [0.3, 0.4) is 0 Å². The molecule has 0 aromatic carbocycles. The van der Waals surface area contributed by atoms with Crippen LogP contribution < -0.4 is 11.1 Å². The highest BCUT2D eigenvalue weighted by atomic mass is 16.1. The van der Waals surface area contributed by atoms with Crippen LogP contribution in [0.4, 0.5) is 0 Å². The molecule has 0 aromatic rings. The monoisotopic (exact) mass is 168 g/mol. The number of nitrogens with two attached hydrogens (primary N) is 1. The molecule has 0 aromatic heterocycles. The first-order valence-corrected chi connectivity index (χ1v) is 4.42. The lowest BCUT2D eigenvalue weighted by Gasteiger charge is -2.28. The molecule has 0 unspecified atom stereocenters. The Morgan fingerprint density at radius 2 is 2.17 bits per heavy atom. The van der Waals surface area contributed by atoms with Crippen molar-refractivity contribution in [1.29, 1.82) is 0 Å². The van der Waals surface area contributed by atoms with Gasteiger partial charge in [0.15, 0.2) is 0 Å². The summed E-state index contributed by atoms with van der Waals surface area (Å²) in [6, 6.07) is 0.284. The van der Waals surface area contributed by atoms with E-state index in [1.54, 1.807) is 0 Å². The van der Waals surface area contributed by atoms with Crippen molar-refractivity contribution in [1.82, 2.24) is 5.32 Å². The van der Waals surface area contributed by atoms with Gasteiger partial charge in [-0.2, -0.15) is 0 Å². The van der Waals surface area contributed by atoms with E-state index in [9.17, 15) is 4.79 Å². The molecule has 3 N–H and O–H groups in total. The van der Waals surface area contributed by atoms with Crippen molar-refractivity contribution in [3.63, 3.8) is 0 Å². The molecule has 1 saturated carbocycles. The molecule has 0 bridgehead atoms. The van der Waals surface area contributed by atoms with Gasteiger partial charge in [0.2, 0.25) is 5.91 Å². The van der Waals surface area contributed by atoms with E-state index in [0.717, 1.165) is 19.3 Å². The largest absolute Gasteiger partial charge is 0.348 e. The number of hydrogen-bond donors (Lipinski definition) is 2. The molecule has 3 nitrogen and oxygen atoms in total. The van der Waals surface area contributed by atoms with Crippen molar-refractivity contribution in [2.45, 2.75) is 37.8 Å². The van der Waals surface area contributed by atoms with Crippen LogP contribution in [-0.4, -0.2) is 18.0 Å². The molecule has 12 heavy (non-hydrogen) atoms. The number of rotatable bonds is 2. The maximum absolute atomic E-state index is 10.9. The zero-order valence-electron chi connectivity index (χ0n) is 7.25. The van der Waals surface area contributed by atoms with Gasteiger partial charge in [0.05, 0.1) is 0 Å². The van der Waals surface area contributed by atoms with Crippen molar-refractivity contribution >= 4 is 5.91 Å². The Morgan fingerprint density at radius 3 is 2.75 bits per heavy atom. The molecule has 0 heterocycles. The summed E-state index contributed by atoms with van der Waals surface area (Å²) in [6.45, 7) is 3.40. The van der Waals surface area contributed by atoms with E-state index >= 15 is 0 Å². The van der Waals surface area contributed by atoms with E-state index in [-0.39, 0.29) is 18.0 Å². The highest BCUT2D eigenvalue weighted by Crippen LogP contribution is 2.16. The summed E-state index contributed by atoms with van der Waals surface area (Å²) < 4.78 is 0. The summed E-state index contributed by atoms with van der Waals surface area (Å²) in [5.41, 5.74) is 5.83. The van der Waals surface area contributed by atoms with E-state index in [4.69, 9.17) is 5.73 Å². The van der Waals surface area contributed by atoms with Crippen molar-refractivity contribution < 1.29 is 4.79 Å². The van der Waals surface area contributed by atoms with E-state index in [1.165, 1.54) is 12.5 Å². The molecule has 1 aliphatic carbocycles. The fraction of sp³-hybridized carbons (Fsp3) is 0.667. The van der Waals surface area contributed by atoms with E-state index < -0.39 is 0 Å². The summed E-state index contributed by atoms with van der Waals surface area (Å²) in [6.07, 6.45) is 5.65. The summed E-state index contributed by atoms with van der Waals surface area (Å²) >= 11 is 0. The summed E-state index contributed by atoms with van der Waals surface area (Å²) in [5, 5.41) is 2.84. The number of amides is 1. The molecule has 1 amide bonds. The molecule has 68 valence electrons. The molecular weight excluding hydrogens is 152 g/mol. The van der Waals surface area contributed by atoms with Gasteiger partial charge in [0.25, 0.3) is 0 Å². The number of carbonyl (C=O) groups excluding carboxylic acids is 1. The minimum absolute atomic E-state index is 0.114. The number of carbonyl (C=O) groups is 1. The Bertz CT molecular complexity index is 179. The summed E-state index contributed by atoms with van der Waals surface area (Å²) in [4.78, 5) is 10.9. The second-order valence-electron chi connectivity index (χ2n) is 3.27. The Balaban J connectivity index is 2.38. The Hall–Kier alpha value is -0.830. The highest BCUT2D eigenvalue weighted by molar-refractivity contribution is 5.87.